The van der Waals surface area contributed by atoms with Crippen LogP contribution in [0, 0.1) is 0 Å². The fourth-order valence-corrected chi connectivity index (χ4v) is 0.750. The van der Waals surface area contributed by atoms with Crippen LogP contribution in [0.2, 0.25) is 0 Å². The standard InChI is InChI=1S/C3H9O3Si.Rf/c1-4-7(5-2)6-3;/h1-3H3;. The third kappa shape index (κ3) is 3.29. The molecule has 0 aliphatic heterocycles. The molecule has 0 fully saturated rings. The molecule has 0 unspecified atom stereocenters. The molecule has 0 spiro atoms. The van der Waals surface area contributed by atoms with Crippen LogP contribution in [0.25, 0.3) is 0 Å². The smallest absolute Gasteiger partial charge is 0.375 e. The van der Waals surface area contributed by atoms with Gasteiger partial charge in [0.1, 0.15) is 0 Å². The van der Waals surface area contributed by atoms with Crippen molar-refractivity contribution in [2.24, 2.45) is 0 Å². The molecule has 0 heterocycles. The van der Waals surface area contributed by atoms with Gasteiger partial charge in [0.15, 0.2) is 0 Å². The third-order valence-electron chi connectivity index (χ3n) is 0.500. The molecular weight excluding hydrogens is 379 g/mol. The first-order valence-corrected chi connectivity index (χ1v) is 3.06. The van der Waals surface area contributed by atoms with Gasteiger partial charge in [0.25, 0.3) is 0 Å². The first kappa shape index (κ1) is 10.2. The molecular formula is C3H9O3RfSi. The Hall–Kier alpha value is -0.903. The third-order valence-corrected chi connectivity index (χ3v) is 1.50. The summed E-state index contributed by atoms with van der Waals surface area (Å²) in [6.45, 7) is 0. The van der Waals surface area contributed by atoms with Gasteiger partial charge in [0.2, 0.25) is 0 Å². The normalized spacial score (nSPS) is 9.00. The molecule has 0 aromatic rings. The molecule has 0 atom stereocenters. The van der Waals surface area contributed by atoms with Gasteiger partial charge in [-0.15, -0.1) is 0 Å². The first-order chi connectivity index (χ1) is 3.35. The van der Waals surface area contributed by atoms with Crippen LogP contribution in [0.5, 0.6) is 0 Å². The minimum atomic E-state index is -1.36. The largest absolute Gasteiger partial charge is 0.576 e. The maximum atomic E-state index is 4.71. The van der Waals surface area contributed by atoms with Crippen LogP contribution < -0.4 is 0 Å². The van der Waals surface area contributed by atoms with E-state index in [1.54, 1.807) is 21.3 Å². The van der Waals surface area contributed by atoms with Gasteiger partial charge in [-0.2, -0.15) is 0 Å². The van der Waals surface area contributed by atoms with Crippen LogP contribution in [0.15, 0.2) is 0 Å². The average Bonchev–Trinajstić information content (AvgIpc) is 1.72. The Bertz CT molecular complexity index is 36.0. The Morgan fingerprint density at radius 1 is 0.875 bits per heavy atom. The quantitative estimate of drug-likeness (QED) is 0.633. The summed E-state index contributed by atoms with van der Waals surface area (Å²) in [7, 11) is 3.31. The summed E-state index contributed by atoms with van der Waals surface area (Å²) >= 11 is 0. The van der Waals surface area contributed by atoms with E-state index in [4.69, 9.17) is 13.3 Å². The molecule has 1 radical (unpaired) electrons. The molecule has 0 amide bonds. The fraction of sp³-hybridized carbons (Fsp3) is 1.00. The molecule has 3 nitrogen and oxygen atoms in total. The molecule has 5 heteroatoms. The molecule has 0 saturated heterocycles. The van der Waals surface area contributed by atoms with Crippen molar-refractivity contribution >= 4 is 9.53 Å². The summed E-state index contributed by atoms with van der Waals surface area (Å²) in [5, 5.41) is 0. The van der Waals surface area contributed by atoms with Crippen LogP contribution in [-0.2, 0) is 13.3 Å². The van der Waals surface area contributed by atoms with E-state index in [9.17, 15) is 0 Å². The summed E-state index contributed by atoms with van der Waals surface area (Å²) in [5.74, 6) is 0. The van der Waals surface area contributed by atoms with Crippen molar-refractivity contribution in [2.75, 3.05) is 21.3 Å². The molecule has 0 aliphatic rings. The van der Waals surface area contributed by atoms with Crippen molar-refractivity contribution in [1.29, 1.82) is 0 Å². The minimum Gasteiger partial charge on any atom is -0.375 e. The zero-order valence-electron chi connectivity index (χ0n) is 5.43. The molecule has 8 heavy (non-hydrogen) atoms. The molecule has 0 aliphatic carbocycles. The van der Waals surface area contributed by atoms with Crippen molar-refractivity contribution in [3.8, 4) is 0 Å². The van der Waals surface area contributed by atoms with Crippen LogP contribution in [-0.4, -0.2) is 30.9 Å². The average molecular weight is 388 g/mol. The van der Waals surface area contributed by atoms with Gasteiger partial charge in [-0.25, -0.2) is 0 Å². The van der Waals surface area contributed by atoms with Crippen molar-refractivity contribution in [3.05, 3.63) is 0 Å². The second-order valence-electron chi connectivity index (χ2n) is 0.862. The first-order valence-electron chi connectivity index (χ1n) is 1.84. The summed E-state index contributed by atoms with van der Waals surface area (Å²) in [4.78, 5) is 0. The van der Waals surface area contributed by atoms with E-state index in [0.29, 0.717) is 0 Å². The summed E-state index contributed by atoms with van der Waals surface area (Å²) < 4.78 is 14.1. The molecule has 0 N–H and O–H groups in total. The van der Waals surface area contributed by atoms with Gasteiger partial charge in [0, 0.05) is 21.3 Å². The summed E-state index contributed by atoms with van der Waals surface area (Å²) in [6, 6.07) is 0. The summed E-state index contributed by atoms with van der Waals surface area (Å²) in [5.41, 5.74) is 0. The molecule has 0 rings (SSSR count). The second-order valence-corrected chi connectivity index (χ2v) is 2.59. The van der Waals surface area contributed by atoms with Gasteiger partial charge in [-0.3, -0.25) is 0 Å². The van der Waals surface area contributed by atoms with E-state index in [0.717, 1.165) is 0 Å². The van der Waals surface area contributed by atoms with Gasteiger partial charge in [0.05, 0.1) is 0 Å². The van der Waals surface area contributed by atoms with E-state index in [1.807, 2.05) is 0 Å². The Balaban J connectivity index is 0. The fourth-order valence-electron chi connectivity index (χ4n) is 0.250. The van der Waals surface area contributed by atoms with Crippen LogP contribution >= 0.6 is 0 Å². The Labute approximate surface area is 45.2 Å². The van der Waals surface area contributed by atoms with Gasteiger partial charge < -0.3 is 13.3 Å². The number of rotatable bonds is 3. The Morgan fingerprint density at radius 2 is 1.12 bits per heavy atom. The number of hydrogen-bond acceptors (Lipinski definition) is 3. The Morgan fingerprint density at radius 3 is 1.12 bits per heavy atom. The van der Waals surface area contributed by atoms with Crippen LogP contribution in [0.4, 0.5) is 0 Å². The molecule has 45 valence electrons. The number of hydrogen-bond donors (Lipinski definition) is 0. The monoisotopic (exact) mass is 388 g/mol. The molecule has 0 aromatic carbocycles. The van der Waals surface area contributed by atoms with Crippen LogP contribution in [0.3, 0.4) is 0 Å². The van der Waals surface area contributed by atoms with E-state index >= 15 is 0 Å². The SMILES string of the molecule is CO[Si](OC)OC.[Rf]. The van der Waals surface area contributed by atoms with Crippen molar-refractivity contribution in [2.45, 2.75) is 0 Å². The molecule has 0 aromatic heterocycles. The van der Waals surface area contributed by atoms with Gasteiger partial charge in [-0.1, -0.05) is 0 Å². The second kappa shape index (κ2) is 6.10. The minimum absolute atomic E-state index is 0. The van der Waals surface area contributed by atoms with E-state index in [1.165, 1.54) is 0 Å². The Kier molecular flexibility index (Phi) is 7.74. The van der Waals surface area contributed by atoms with E-state index in [2.05, 4.69) is 0 Å². The van der Waals surface area contributed by atoms with Gasteiger partial charge >= 0.3 is 9.53 Å². The predicted molar refractivity (Wildman–Crippen MR) is 26.8 cm³/mol. The van der Waals surface area contributed by atoms with Crippen molar-refractivity contribution in [3.63, 3.8) is 0 Å². The van der Waals surface area contributed by atoms with E-state index in [-0.39, 0.29) is 0 Å². The van der Waals surface area contributed by atoms with E-state index < -0.39 is 9.53 Å². The predicted octanol–water partition coefficient (Wildman–Crippen LogP) is -0.0895. The topological polar surface area (TPSA) is 27.7 Å². The van der Waals surface area contributed by atoms with Crippen molar-refractivity contribution < 1.29 is 13.3 Å². The van der Waals surface area contributed by atoms with Gasteiger partial charge in [-0.05, 0) is 0 Å². The molecule has 0 saturated carbocycles. The van der Waals surface area contributed by atoms with Crippen molar-refractivity contribution in [1.82, 2.24) is 0 Å². The maximum Gasteiger partial charge on any atom is 0.576 e. The van der Waals surface area contributed by atoms with Crippen LogP contribution in [0.1, 0.15) is 0 Å². The molecule has 0 bridgehead atoms. The zero-order chi connectivity index (χ0) is 5.70. The summed E-state index contributed by atoms with van der Waals surface area (Å²) in [6.07, 6.45) is 0. The maximum absolute atomic E-state index is 4.71. The zero-order valence-corrected chi connectivity index (χ0v) is 12.8.